The summed E-state index contributed by atoms with van der Waals surface area (Å²) in [5.41, 5.74) is 10.9. The van der Waals surface area contributed by atoms with E-state index >= 15 is 0 Å². The van der Waals surface area contributed by atoms with Crippen molar-refractivity contribution in [2.75, 3.05) is 31.2 Å². The number of anilines is 1. The highest BCUT2D eigenvalue weighted by atomic mass is 16.5. The molecule has 0 aliphatic carbocycles. The Kier molecular flexibility index (Phi) is 4.11. The Hall–Kier alpha value is -1.67. The van der Waals surface area contributed by atoms with Crippen LogP contribution in [0.4, 0.5) is 5.95 Å². The van der Waals surface area contributed by atoms with Crippen molar-refractivity contribution in [2.24, 2.45) is 11.5 Å². The molecule has 8 nitrogen and oxygen atoms in total. The molecule has 1 aromatic rings. The number of nitrogens with zero attached hydrogens (tertiary/aromatic N) is 3. The quantitative estimate of drug-likeness (QED) is 0.704. The summed E-state index contributed by atoms with van der Waals surface area (Å²) in [6.45, 7) is 2.76. The Morgan fingerprint density at radius 3 is 2.83 bits per heavy atom. The van der Waals surface area contributed by atoms with Crippen LogP contribution in [0.1, 0.15) is 24.8 Å². The molecule has 0 radical (unpaired) electrons. The smallest absolute Gasteiger partial charge is 0.266 e. The van der Waals surface area contributed by atoms with E-state index in [1.54, 1.807) is 0 Å². The Morgan fingerprint density at radius 1 is 1.44 bits per heavy atom. The van der Waals surface area contributed by atoms with Gasteiger partial charge in [0, 0.05) is 19.5 Å². The fourth-order valence-electron chi connectivity index (χ4n) is 1.69. The summed E-state index contributed by atoms with van der Waals surface area (Å²) < 4.78 is 10.3. The van der Waals surface area contributed by atoms with E-state index in [-0.39, 0.29) is 6.42 Å². The first-order chi connectivity index (χ1) is 8.66. The zero-order valence-corrected chi connectivity index (χ0v) is 10.0. The molecule has 8 heteroatoms. The van der Waals surface area contributed by atoms with Gasteiger partial charge in [0.1, 0.15) is 0 Å². The van der Waals surface area contributed by atoms with Gasteiger partial charge in [0.2, 0.25) is 11.8 Å². The molecule has 1 aliphatic heterocycles. The van der Waals surface area contributed by atoms with Gasteiger partial charge in [0.15, 0.2) is 0 Å². The lowest BCUT2D eigenvalue weighted by Gasteiger charge is -2.24. The van der Waals surface area contributed by atoms with E-state index in [1.807, 2.05) is 4.90 Å². The Bertz CT molecular complexity index is 402. The molecular weight excluding hydrogens is 238 g/mol. The molecule has 0 bridgehead atoms. The maximum atomic E-state index is 10.7. The molecule has 18 heavy (non-hydrogen) atoms. The molecule has 1 amide bonds. The molecule has 0 aromatic carbocycles. The molecule has 4 N–H and O–H groups in total. The van der Waals surface area contributed by atoms with Crippen molar-refractivity contribution in [3.63, 3.8) is 0 Å². The highest BCUT2D eigenvalue weighted by Gasteiger charge is 2.20. The maximum Gasteiger partial charge on any atom is 0.266 e. The number of carbonyl (C=O) groups is 1. The average molecular weight is 255 g/mol. The summed E-state index contributed by atoms with van der Waals surface area (Å²) in [6.07, 6.45) is 0.608. The van der Waals surface area contributed by atoms with Gasteiger partial charge >= 0.3 is 0 Å². The van der Waals surface area contributed by atoms with Crippen LogP contribution in [0, 0.1) is 0 Å². The van der Waals surface area contributed by atoms with E-state index in [1.165, 1.54) is 0 Å². The number of nitrogens with two attached hydrogens (primary N) is 2. The van der Waals surface area contributed by atoms with Crippen LogP contribution in [-0.2, 0) is 9.53 Å². The summed E-state index contributed by atoms with van der Waals surface area (Å²) in [6, 6.07) is -0.459. The first-order valence-corrected chi connectivity index (χ1v) is 5.87. The fraction of sp³-hybridized carbons (Fsp3) is 0.700. The molecule has 2 heterocycles. The number of carbonyl (C=O) groups excluding carboxylic acids is 1. The summed E-state index contributed by atoms with van der Waals surface area (Å²) in [4.78, 5) is 16.9. The number of hydrogen-bond acceptors (Lipinski definition) is 7. The van der Waals surface area contributed by atoms with Gasteiger partial charge in [0.05, 0.1) is 19.3 Å². The lowest BCUT2D eigenvalue weighted by molar-refractivity contribution is -0.118. The topological polar surface area (TPSA) is 120 Å². The van der Waals surface area contributed by atoms with Crippen LogP contribution < -0.4 is 16.4 Å². The number of primary amides is 1. The Labute approximate surface area is 104 Å². The lowest BCUT2D eigenvalue weighted by atomic mass is 10.1. The zero-order valence-electron chi connectivity index (χ0n) is 10.0. The molecule has 1 aromatic heterocycles. The van der Waals surface area contributed by atoms with Crippen molar-refractivity contribution >= 4 is 11.9 Å². The predicted octanol–water partition coefficient (Wildman–Crippen LogP) is -0.828. The Balaban J connectivity index is 1.94. The van der Waals surface area contributed by atoms with Gasteiger partial charge in [-0.3, -0.25) is 4.79 Å². The molecule has 2 rings (SSSR count). The molecular formula is C10H17N5O3. The maximum absolute atomic E-state index is 10.7. The minimum absolute atomic E-state index is 0.205. The van der Waals surface area contributed by atoms with Gasteiger partial charge in [0.25, 0.3) is 5.95 Å². The second kappa shape index (κ2) is 5.78. The summed E-state index contributed by atoms with van der Waals surface area (Å²) in [5.74, 6) is 0.457. The Morgan fingerprint density at radius 2 is 2.17 bits per heavy atom. The van der Waals surface area contributed by atoms with Crippen molar-refractivity contribution in [1.29, 1.82) is 0 Å². The van der Waals surface area contributed by atoms with Crippen molar-refractivity contribution in [3.8, 4) is 0 Å². The number of morpholine rings is 1. The van der Waals surface area contributed by atoms with Crippen LogP contribution >= 0.6 is 0 Å². The fourth-order valence-corrected chi connectivity index (χ4v) is 1.69. The van der Waals surface area contributed by atoms with E-state index in [0.717, 1.165) is 13.1 Å². The SMILES string of the molecule is NC(=O)CC[C@H](N)c1nc(N2CCOCC2)no1. The van der Waals surface area contributed by atoms with E-state index < -0.39 is 11.9 Å². The number of hydrogen-bond donors (Lipinski definition) is 2. The van der Waals surface area contributed by atoms with Crippen LogP contribution in [0.2, 0.25) is 0 Å². The minimum Gasteiger partial charge on any atom is -0.378 e. The summed E-state index contributed by atoms with van der Waals surface area (Å²) >= 11 is 0. The van der Waals surface area contributed by atoms with Crippen molar-refractivity contribution in [2.45, 2.75) is 18.9 Å². The first kappa shape index (κ1) is 12.8. The second-order valence-electron chi connectivity index (χ2n) is 4.14. The van der Waals surface area contributed by atoms with Crippen LogP contribution in [0.25, 0.3) is 0 Å². The first-order valence-electron chi connectivity index (χ1n) is 5.87. The number of ether oxygens (including phenoxy) is 1. The largest absolute Gasteiger partial charge is 0.378 e. The second-order valence-corrected chi connectivity index (χ2v) is 4.14. The molecule has 0 unspecified atom stereocenters. The third kappa shape index (κ3) is 3.17. The van der Waals surface area contributed by atoms with E-state index in [0.29, 0.717) is 31.5 Å². The normalized spacial score (nSPS) is 17.7. The van der Waals surface area contributed by atoms with Crippen LogP contribution in [0.3, 0.4) is 0 Å². The van der Waals surface area contributed by atoms with Crippen molar-refractivity contribution in [3.05, 3.63) is 5.89 Å². The van der Waals surface area contributed by atoms with E-state index in [9.17, 15) is 4.79 Å². The van der Waals surface area contributed by atoms with Gasteiger partial charge in [-0.25, -0.2) is 0 Å². The molecule has 0 saturated carbocycles. The minimum atomic E-state index is -0.459. The van der Waals surface area contributed by atoms with E-state index in [2.05, 4.69) is 10.1 Å². The number of amides is 1. The van der Waals surface area contributed by atoms with Crippen LogP contribution in [0.15, 0.2) is 4.52 Å². The number of aromatic nitrogens is 2. The lowest BCUT2D eigenvalue weighted by Crippen LogP contribution is -2.36. The van der Waals surface area contributed by atoms with Gasteiger partial charge in [-0.1, -0.05) is 0 Å². The molecule has 0 spiro atoms. The molecule has 1 saturated heterocycles. The van der Waals surface area contributed by atoms with Gasteiger partial charge in [-0.05, 0) is 11.6 Å². The highest BCUT2D eigenvalue weighted by Crippen LogP contribution is 2.17. The standard InChI is InChI=1S/C10H17N5O3/c11-7(1-2-8(12)16)9-13-10(14-18-9)15-3-5-17-6-4-15/h7H,1-6,11H2,(H2,12,16)/t7-/m0/s1. The van der Waals surface area contributed by atoms with E-state index in [4.69, 9.17) is 20.7 Å². The molecule has 1 fully saturated rings. The van der Waals surface area contributed by atoms with Gasteiger partial charge in [-0.2, -0.15) is 4.98 Å². The highest BCUT2D eigenvalue weighted by molar-refractivity contribution is 5.73. The monoisotopic (exact) mass is 255 g/mol. The summed E-state index contributed by atoms with van der Waals surface area (Å²) in [5, 5.41) is 3.88. The van der Waals surface area contributed by atoms with Crippen molar-refractivity contribution in [1.82, 2.24) is 10.1 Å². The van der Waals surface area contributed by atoms with Crippen molar-refractivity contribution < 1.29 is 14.1 Å². The third-order valence-electron chi connectivity index (χ3n) is 2.74. The predicted molar refractivity (Wildman–Crippen MR) is 62.7 cm³/mol. The zero-order chi connectivity index (χ0) is 13.0. The third-order valence-corrected chi connectivity index (χ3v) is 2.74. The summed E-state index contributed by atoms with van der Waals surface area (Å²) in [7, 11) is 0. The number of rotatable bonds is 5. The molecule has 100 valence electrons. The average Bonchev–Trinajstić information content (AvgIpc) is 2.86. The molecule has 1 atom stereocenters. The van der Waals surface area contributed by atoms with Gasteiger partial charge in [-0.15, -0.1) is 0 Å². The molecule has 1 aliphatic rings. The van der Waals surface area contributed by atoms with Crippen LogP contribution in [0.5, 0.6) is 0 Å². The van der Waals surface area contributed by atoms with Crippen LogP contribution in [-0.4, -0.2) is 42.4 Å². The van der Waals surface area contributed by atoms with Gasteiger partial charge < -0.3 is 25.6 Å².